The number of nitrogens with zero attached hydrogens (tertiary/aromatic N) is 3. The third kappa shape index (κ3) is 2.91. The maximum Gasteiger partial charge on any atom is 0.278 e. The quantitative estimate of drug-likeness (QED) is 0.870. The Hall–Kier alpha value is -2.30. The van der Waals surface area contributed by atoms with Crippen LogP contribution in [0.3, 0.4) is 0 Å². The molecule has 0 aliphatic heterocycles. The number of amides is 1. The zero-order valence-electron chi connectivity index (χ0n) is 11.6. The van der Waals surface area contributed by atoms with E-state index in [2.05, 4.69) is 9.97 Å². The van der Waals surface area contributed by atoms with Crippen molar-refractivity contribution in [3.05, 3.63) is 54.2 Å². The van der Waals surface area contributed by atoms with Crippen LogP contribution in [0.5, 0.6) is 0 Å². The van der Waals surface area contributed by atoms with Gasteiger partial charge >= 0.3 is 0 Å². The standard InChI is InChI=1S/C16H16FN3O/c17-12-8-9-14(19-11-12)16(21)20(13-5-1-2-6-13)15-7-3-4-10-18-15/h3-4,7-11,13H,1-2,5-6H2. The molecule has 1 aliphatic rings. The second-order valence-electron chi connectivity index (χ2n) is 5.16. The molecule has 0 saturated heterocycles. The Morgan fingerprint density at radius 1 is 1.14 bits per heavy atom. The molecule has 0 spiro atoms. The Morgan fingerprint density at radius 3 is 2.57 bits per heavy atom. The highest BCUT2D eigenvalue weighted by molar-refractivity contribution is 6.04. The van der Waals surface area contributed by atoms with Gasteiger partial charge in [-0.2, -0.15) is 0 Å². The van der Waals surface area contributed by atoms with Crippen LogP contribution in [0.25, 0.3) is 0 Å². The lowest BCUT2D eigenvalue weighted by Crippen LogP contribution is -2.40. The van der Waals surface area contributed by atoms with Gasteiger partial charge in [0.1, 0.15) is 17.3 Å². The number of hydrogen-bond acceptors (Lipinski definition) is 3. The van der Waals surface area contributed by atoms with E-state index in [4.69, 9.17) is 0 Å². The van der Waals surface area contributed by atoms with Gasteiger partial charge in [-0.05, 0) is 37.1 Å². The normalized spacial score (nSPS) is 15.1. The van der Waals surface area contributed by atoms with Crippen molar-refractivity contribution in [2.45, 2.75) is 31.7 Å². The molecule has 5 heteroatoms. The van der Waals surface area contributed by atoms with Crippen molar-refractivity contribution in [2.24, 2.45) is 0 Å². The third-order valence-electron chi connectivity index (χ3n) is 3.75. The summed E-state index contributed by atoms with van der Waals surface area (Å²) in [4.78, 5) is 22.6. The van der Waals surface area contributed by atoms with Crippen molar-refractivity contribution in [1.82, 2.24) is 9.97 Å². The lowest BCUT2D eigenvalue weighted by Gasteiger charge is -2.27. The van der Waals surface area contributed by atoms with E-state index < -0.39 is 5.82 Å². The van der Waals surface area contributed by atoms with Crippen LogP contribution in [0.2, 0.25) is 0 Å². The molecule has 2 aromatic heterocycles. The molecule has 1 fully saturated rings. The predicted molar refractivity (Wildman–Crippen MR) is 77.5 cm³/mol. The van der Waals surface area contributed by atoms with Crippen LogP contribution >= 0.6 is 0 Å². The summed E-state index contributed by atoms with van der Waals surface area (Å²) >= 11 is 0. The van der Waals surface area contributed by atoms with Gasteiger partial charge in [0.15, 0.2) is 0 Å². The molecule has 108 valence electrons. The SMILES string of the molecule is O=C(c1ccc(F)cn1)N(c1ccccn1)C1CCCC1. The molecule has 0 radical (unpaired) electrons. The highest BCUT2D eigenvalue weighted by Crippen LogP contribution is 2.28. The van der Waals surface area contributed by atoms with Crippen LogP contribution in [0.1, 0.15) is 36.2 Å². The number of carbonyl (C=O) groups is 1. The number of aromatic nitrogens is 2. The lowest BCUT2D eigenvalue weighted by atomic mass is 10.2. The molecule has 2 heterocycles. The first-order valence-corrected chi connectivity index (χ1v) is 7.12. The first kappa shape index (κ1) is 13.7. The highest BCUT2D eigenvalue weighted by Gasteiger charge is 2.30. The number of carbonyl (C=O) groups excluding carboxylic acids is 1. The molecular formula is C16H16FN3O. The summed E-state index contributed by atoms with van der Waals surface area (Å²) in [6.45, 7) is 0. The van der Waals surface area contributed by atoms with Crippen molar-refractivity contribution < 1.29 is 9.18 Å². The fourth-order valence-corrected chi connectivity index (χ4v) is 2.74. The van der Waals surface area contributed by atoms with E-state index in [9.17, 15) is 9.18 Å². The van der Waals surface area contributed by atoms with Crippen molar-refractivity contribution >= 4 is 11.7 Å². The van der Waals surface area contributed by atoms with E-state index in [0.717, 1.165) is 31.9 Å². The first-order chi connectivity index (χ1) is 10.3. The van der Waals surface area contributed by atoms with Crippen LogP contribution in [-0.2, 0) is 0 Å². The average molecular weight is 285 g/mol. The Kier molecular flexibility index (Phi) is 3.90. The minimum atomic E-state index is -0.447. The Morgan fingerprint density at radius 2 is 1.95 bits per heavy atom. The van der Waals surface area contributed by atoms with Gasteiger partial charge in [0.2, 0.25) is 0 Å². The third-order valence-corrected chi connectivity index (χ3v) is 3.75. The van der Waals surface area contributed by atoms with Gasteiger partial charge in [-0.1, -0.05) is 18.9 Å². The van der Waals surface area contributed by atoms with Crippen molar-refractivity contribution in [3.63, 3.8) is 0 Å². The van der Waals surface area contributed by atoms with Crippen molar-refractivity contribution in [1.29, 1.82) is 0 Å². The van der Waals surface area contributed by atoms with Gasteiger partial charge in [0.05, 0.1) is 6.20 Å². The molecule has 1 amide bonds. The molecule has 0 N–H and O–H groups in total. The molecule has 21 heavy (non-hydrogen) atoms. The van der Waals surface area contributed by atoms with Crippen LogP contribution in [-0.4, -0.2) is 21.9 Å². The molecule has 1 saturated carbocycles. The number of pyridine rings is 2. The molecule has 0 unspecified atom stereocenters. The maximum atomic E-state index is 13.0. The smallest absolute Gasteiger partial charge is 0.278 e. The molecule has 0 bridgehead atoms. The van der Waals surface area contributed by atoms with Crippen molar-refractivity contribution in [2.75, 3.05) is 4.90 Å². The summed E-state index contributed by atoms with van der Waals surface area (Å²) in [5, 5.41) is 0. The Balaban J connectivity index is 1.94. The average Bonchev–Trinajstić information content (AvgIpc) is 3.03. The summed E-state index contributed by atoms with van der Waals surface area (Å²) in [6.07, 6.45) is 6.88. The zero-order valence-corrected chi connectivity index (χ0v) is 11.6. The summed E-state index contributed by atoms with van der Waals surface area (Å²) in [7, 11) is 0. The second-order valence-corrected chi connectivity index (χ2v) is 5.16. The maximum absolute atomic E-state index is 13.0. The van der Waals surface area contributed by atoms with E-state index in [1.54, 1.807) is 11.1 Å². The molecule has 0 atom stereocenters. The summed E-state index contributed by atoms with van der Waals surface area (Å²) in [5.41, 5.74) is 0.244. The highest BCUT2D eigenvalue weighted by atomic mass is 19.1. The van der Waals surface area contributed by atoms with E-state index in [-0.39, 0.29) is 17.6 Å². The van der Waals surface area contributed by atoms with E-state index in [1.807, 2.05) is 18.2 Å². The number of anilines is 1. The van der Waals surface area contributed by atoms with Gasteiger partial charge in [0, 0.05) is 12.2 Å². The van der Waals surface area contributed by atoms with Gasteiger partial charge < -0.3 is 0 Å². The van der Waals surface area contributed by atoms with E-state index in [1.165, 1.54) is 12.1 Å². The summed E-state index contributed by atoms with van der Waals surface area (Å²) in [6, 6.07) is 8.31. The Bertz CT molecular complexity index is 609. The van der Waals surface area contributed by atoms with Crippen LogP contribution in [0.15, 0.2) is 42.7 Å². The molecule has 3 rings (SSSR count). The largest absolute Gasteiger partial charge is 0.288 e. The minimum Gasteiger partial charge on any atom is -0.288 e. The first-order valence-electron chi connectivity index (χ1n) is 7.12. The predicted octanol–water partition coefficient (Wildman–Crippen LogP) is 3.21. The van der Waals surface area contributed by atoms with E-state index >= 15 is 0 Å². The topological polar surface area (TPSA) is 46.1 Å². The number of rotatable bonds is 3. The van der Waals surface area contributed by atoms with Crippen LogP contribution in [0, 0.1) is 5.82 Å². The van der Waals surface area contributed by atoms with Gasteiger partial charge in [-0.25, -0.2) is 14.4 Å². The minimum absolute atomic E-state index is 0.138. The fraction of sp³-hybridized carbons (Fsp3) is 0.312. The monoisotopic (exact) mass is 285 g/mol. The van der Waals surface area contributed by atoms with E-state index in [0.29, 0.717) is 5.82 Å². The van der Waals surface area contributed by atoms with Gasteiger partial charge in [-0.3, -0.25) is 9.69 Å². The van der Waals surface area contributed by atoms with Gasteiger partial charge in [-0.15, -0.1) is 0 Å². The molecular weight excluding hydrogens is 269 g/mol. The van der Waals surface area contributed by atoms with Crippen molar-refractivity contribution in [3.8, 4) is 0 Å². The second kappa shape index (κ2) is 5.99. The Labute approximate surface area is 122 Å². The number of hydrogen-bond donors (Lipinski definition) is 0. The molecule has 1 aliphatic carbocycles. The summed E-state index contributed by atoms with van der Waals surface area (Å²) < 4.78 is 13.0. The number of halogens is 1. The van der Waals surface area contributed by atoms with Crippen LogP contribution < -0.4 is 4.90 Å². The van der Waals surface area contributed by atoms with Crippen LogP contribution in [0.4, 0.5) is 10.2 Å². The zero-order chi connectivity index (χ0) is 14.7. The molecule has 2 aromatic rings. The molecule has 4 nitrogen and oxygen atoms in total. The summed E-state index contributed by atoms with van der Waals surface area (Å²) in [5.74, 6) is -0.0436. The lowest BCUT2D eigenvalue weighted by molar-refractivity contribution is 0.0971. The molecule has 0 aromatic carbocycles. The fourth-order valence-electron chi connectivity index (χ4n) is 2.74. The van der Waals surface area contributed by atoms with Gasteiger partial charge in [0.25, 0.3) is 5.91 Å².